The third-order valence-electron chi connectivity index (χ3n) is 4.94. The van der Waals surface area contributed by atoms with Crippen molar-refractivity contribution in [3.63, 3.8) is 0 Å². The molecule has 6 nitrogen and oxygen atoms in total. The molecule has 0 saturated heterocycles. The Kier molecular flexibility index (Phi) is 6.93. The minimum absolute atomic E-state index is 0.00196. The summed E-state index contributed by atoms with van der Waals surface area (Å²) in [6, 6.07) is 22.9. The molecule has 162 valence electrons. The van der Waals surface area contributed by atoms with Crippen molar-refractivity contribution >= 4 is 23.6 Å². The summed E-state index contributed by atoms with van der Waals surface area (Å²) in [5, 5.41) is 17.8. The molecule has 0 bridgehead atoms. The number of hydrogen-bond donors (Lipinski definition) is 1. The van der Waals surface area contributed by atoms with Crippen LogP contribution in [-0.4, -0.2) is 20.7 Å². The number of nitriles is 1. The zero-order valence-electron chi connectivity index (χ0n) is 17.6. The van der Waals surface area contributed by atoms with E-state index in [0.29, 0.717) is 22.8 Å². The van der Waals surface area contributed by atoms with Gasteiger partial charge in [0.1, 0.15) is 11.6 Å². The van der Waals surface area contributed by atoms with Gasteiger partial charge in [0.2, 0.25) is 0 Å². The second kappa shape index (κ2) is 10.4. The quantitative estimate of drug-likeness (QED) is 0.319. The summed E-state index contributed by atoms with van der Waals surface area (Å²) in [6.45, 7) is 0.812. The Balaban J connectivity index is 1.63. The number of halogens is 1. The zero-order valence-corrected chi connectivity index (χ0v) is 18.4. The number of amides is 1. The first-order chi connectivity index (χ1) is 16.1. The van der Waals surface area contributed by atoms with Gasteiger partial charge in [-0.05, 0) is 35.4 Å². The van der Waals surface area contributed by atoms with E-state index in [0.717, 1.165) is 16.7 Å². The minimum atomic E-state index is -0.453. The van der Waals surface area contributed by atoms with Crippen molar-refractivity contribution < 1.29 is 4.79 Å². The zero-order chi connectivity index (χ0) is 23.0. The number of pyridine rings is 1. The monoisotopic (exact) mass is 453 g/mol. The Morgan fingerprint density at radius 2 is 1.85 bits per heavy atom. The van der Waals surface area contributed by atoms with Gasteiger partial charge >= 0.3 is 0 Å². The molecular formula is C26H20ClN5O. The molecular weight excluding hydrogens is 434 g/mol. The first-order valence-corrected chi connectivity index (χ1v) is 10.7. The summed E-state index contributed by atoms with van der Waals surface area (Å²) in [4.78, 5) is 16.7. The standard InChI is InChI=1S/C26H20ClN5O/c27-24-10-8-19(9-11-24)17-32-18-23(25(31-32)21-6-2-1-3-7-21)13-22(14-28)26(33)30-16-20-5-4-12-29-15-20/h1-13,15,18H,16-17H2,(H,30,33)/b22-13+. The largest absolute Gasteiger partial charge is 0.347 e. The van der Waals surface area contributed by atoms with Gasteiger partial charge in [0.05, 0.1) is 12.2 Å². The molecule has 0 spiro atoms. The molecule has 0 aliphatic carbocycles. The van der Waals surface area contributed by atoms with Gasteiger partial charge in [-0.15, -0.1) is 0 Å². The highest BCUT2D eigenvalue weighted by Gasteiger charge is 2.14. The Morgan fingerprint density at radius 1 is 1.06 bits per heavy atom. The van der Waals surface area contributed by atoms with Gasteiger partial charge < -0.3 is 5.32 Å². The molecule has 0 atom stereocenters. The summed E-state index contributed by atoms with van der Waals surface area (Å²) >= 11 is 5.99. The summed E-state index contributed by atoms with van der Waals surface area (Å²) in [5.74, 6) is -0.453. The van der Waals surface area contributed by atoms with Crippen LogP contribution in [-0.2, 0) is 17.9 Å². The van der Waals surface area contributed by atoms with Crippen LogP contribution in [0.15, 0.2) is 90.9 Å². The van der Waals surface area contributed by atoms with Gasteiger partial charge in [-0.25, -0.2) is 0 Å². The van der Waals surface area contributed by atoms with Gasteiger partial charge in [0.25, 0.3) is 5.91 Å². The Labute approximate surface area is 196 Å². The lowest BCUT2D eigenvalue weighted by Crippen LogP contribution is -2.24. The summed E-state index contributed by atoms with van der Waals surface area (Å²) in [7, 11) is 0. The number of nitrogens with one attached hydrogen (secondary N) is 1. The number of aromatic nitrogens is 3. The molecule has 0 aliphatic heterocycles. The fourth-order valence-corrected chi connectivity index (χ4v) is 3.43. The molecule has 0 unspecified atom stereocenters. The number of rotatable bonds is 7. The average Bonchev–Trinajstić information content (AvgIpc) is 3.25. The average molecular weight is 454 g/mol. The third kappa shape index (κ3) is 5.73. The fourth-order valence-electron chi connectivity index (χ4n) is 3.31. The molecule has 4 aromatic rings. The van der Waals surface area contributed by atoms with Crippen LogP contribution >= 0.6 is 11.6 Å². The minimum Gasteiger partial charge on any atom is -0.347 e. The molecule has 1 N–H and O–H groups in total. The molecule has 0 radical (unpaired) electrons. The number of nitrogens with zero attached hydrogens (tertiary/aromatic N) is 4. The van der Waals surface area contributed by atoms with Crippen LogP contribution in [0.4, 0.5) is 0 Å². The number of benzene rings is 2. The number of hydrogen-bond acceptors (Lipinski definition) is 4. The van der Waals surface area contributed by atoms with E-state index in [1.165, 1.54) is 0 Å². The van der Waals surface area contributed by atoms with Crippen LogP contribution in [0.2, 0.25) is 5.02 Å². The van der Waals surface area contributed by atoms with Crippen molar-refractivity contribution in [1.82, 2.24) is 20.1 Å². The van der Waals surface area contributed by atoms with Gasteiger partial charge in [-0.3, -0.25) is 14.5 Å². The maximum atomic E-state index is 12.7. The molecule has 0 saturated carbocycles. The summed E-state index contributed by atoms with van der Waals surface area (Å²) in [6.07, 6.45) is 6.75. The van der Waals surface area contributed by atoms with E-state index >= 15 is 0 Å². The van der Waals surface area contributed by atoms with E-state index in [9.17, 15) is 10.1 Å². The highest BCUT2D eigenvalue weighted by Crippen LogP contribution is 2.25. The van der Waals surface area contributed by atoms with Crippen molar-refractivity contribution in [2.75, 3.05) is 0 Å². The third-order valence-corrected chi connectivity index (χ3v) is 5.19. The molecule has 2 aromatic heterocycles. The van der Waals surface area contributed by atoms with Crippen LogP contribution < -0.4 is 5.32 Å². The van der Waals surface area contributed by atoms with Crippen molar-refractivity contribution in [3.05, 3.63) is 113 Å². The molecule has 0 aliphatic rings. The van der Waals surface area contributed by atoms with Gasteiger partial charge in [0.15, 0.2) is 0 Å². The lowest BCUT2D eigenvalue weighted by molar-refractivity contribution is -0.117. The highest BCUT2D eigenvalue weighted by molar-refractivity contribution is 6.30. The number of carbonyl (C=O) groups excluding carboxylic acids is 1. The highest BCUT2D eigenvalue weighted by atomic mass is 35.5. The maximum absolute atomic E-state index is 12.7. The van der Waals surface area contributed by atoms with Gasteiger partial charge in [-0.1, -0.05) is 60.1 Å². The van der Waals surface area contributed by atoms with E-state index < -0.39 is 5.91 Å². The van der Waals surface area contributed by atoms with Crippen LogP contribution in [0.25, 0.3) is 17.3 Å². The van der Waals surface area contributed by atoms with Crippen molar-refractivity contribution in [2.45, 2.75) is 13.1 Å². The molecule has 1 amide bonds. The van der Waals surface area contributed by atoms with Crippen LogP contribution in [0.3, 0.4) is 0 Å². The van der Waals surface area contributed by atoms with Crippen LogP contribution in [0.5, 0.6) is 0 Å². The van der Waals surface area contributed by atoms with Crippen LogP contribution in [0.1, 0.15) is 16.7 Å². The van der Waals surface area contributed by atoms with Crippen LogP contribution in [0, 0.1) is 11.3 Å². The normalized spacial score (nSPS) is 11.1. The predicted octanol–water partition coefficient (Wildman–Crippen LogP) is 4.87. The van der Waals surface area contributed by atoms with E-state index in [1.54, 1.807) is 29.2 Å². The van der Waals surface area contributed by atoms with E-state index in [1.807, 2.05) is 72.9 Å². The lowest BCUT2D eigenvalue weighted by atomic mass is 10.1. The smallest absolute Gasteiger partial charge is 0.262 e. The first kappa shape index (κ1) is 22.0. The Bertz CT molecular complexity index is 1310. The molecule has 2 heterocycles. The van der Waals surface area contributed by atoms with E-state index in [2.05, 4.69) is 10.3 Å². The van der Waals surface area contributed by atoms with E-state index in [-0.39, 0.29) is 12.1 Å². The number of carbonyl (C=O) groups is 1. The predicted molar refractivity (Wildman–Crippen MR) is 128 cm³/mol. The fraction of sp³-hybridized carbons (Fsp3) is 0.0769. The van der Waals surface area contributed by atoms with Crippen molar-refractivity contribution in [2.24, 2.45) is 0 Å². The van der Waals surface area contributed by atoms with E-state index in [4.69, 9.17) is 16.7 Å². The molecule has 4 rings (SSSR count). The first-order valence-electron chi connectivity index (χ1n) is 10.3. The van der Waals surface area contributed by atoms with Gasteiger partial charge in [0, 0.05) is 41.3 Å². The summed E-state index contributed by atoms with van der Waals surface area (Å²) in [5.41, 5.74) is 4.16. The maximum Gasteiger partial charge on any atom is 0.262 e. The lowest BCUT2D eigenvalue weighted by Gasteiger charge is -2.04. The topological polar surface area (TPSA) is 83.6 Å². The SMILES string of the molecule is N#C/C(=C\c1cn(Cc2ccc(Cl)cc2)nc1-c1ccccc1)C(=O)NCc1cccnc1. The molecule has 7 heteroatoms. The molecule has 2 aromatic carbocycles. The van der Waals surface area contributed by atoms with Crippen molar-refractivity contribution in [1.29, 1.82) is 5.26 Å². The molecule has 0 fully saturated rings. The second-order valence-corrected chi connectivity index (χ2v) is 7.77. The Hall–Kier alpha value is -4.21. The van der Waals surface area contributed by atoms with Gasteiger partial charge in [-0.2, -0.15) is 10.4 Å². The Morgan fingerprint density at radius 3 is 2.55 bits per heavy atom. The second-order valence-electron chi connectivity index (χ2n) is 7.34. The summed E-state index contributed by atoms with van der Waals surface area (Å²) < 4.78 is 1.79. The van der Waals surface area contributed by atoms with Crippen molar-refractivity contribution in [3.8, 4) is 17.3 Å². The molecule has 33 heavy (non-hydrogen) atoms.